The zero-order chi connectivity index (χ0) is 14.8. The number of rotatable bonds is 5. The molecule has 0 aliphatic carbocycles. The summed E-state index contributed by atoms with van der Waals surface area (Å²) in [5, 5.41) is 21.7. The molecule has 1 N–H and O–H groups in total. The first-order valence-electron chi connectivity index (χ1n) is 7.08. The summed E-state index contributed by atoms with van der Waals surface area (Å²) in [6.45, 7) is 5.11. The van der Waals surface area contributed by atoms with E-state index in [1.54, 1.807) is 6.07 Å². The molecular formula is C13H17N5O3. The fourth-order valence-corrected chi connectivity index (χ4v) is 2.91. The number of nitrogens with zero attached hydrogens (tertiary/aromatic N) is 4. The van der Waals surface area contributed by atoms with Gasteiger partial charge >= 0.3 is 5.69 Å². The van der Waals surface area contributed by atoms with E-state index in [9.17, 15) is 10.1 Å². The van der Waals surface area contributed by atoms with Crippen molar-refractivity contribution in [1.29, 1.82) is 0 Å². The molecule has 0 amide bonds. The monoisotopic (exact) mass is 291 g/mol. The van der Waals surface area contributed by atoms with Crippen LogP contribution in [0.4, 0.5) is 11.4 Å². The van der Waals surface area contributed by atoms with Crippen molar-refractivity contribution in [3.05, 3.63) is 22.2 Å². The van der Waals surface area contributed by atoms with Gasteiger partial charge in [0.2, 0.25) is 5.52 Å². The van der Waals surface area contributed by atoms with Crippen molar-refractivity contribution >= 4 is 22.4 Å². The van der Waals surface area contributed by atoms with Crippen molar-refractivity contribution in [3.63, 3.8) is 0 Å². The van der Waals surface area contributed by atoms with E-state index in [2.05, 4.69) is 32.1 Å². The Morgan fingerprint density at radius 1 is 1.48 bits per heavy atom. The first kappa shape index (κ1) is 13.7. The topological polar surface area (TPSA) is 97.3 Å². The molecule has 0 spiro atoms. The summed E-state index contributed by atoms with van der Waals surface area (Å²) in [5.74, 6) is 0. The highest BCUT2D eigenvalue weighted by molar-refractivity contribution is 5.93. The van der Waals surface area contributed by atoms with Gasteiger partial charge in [-0.15, -0.1) is 0 Å². The van der Waals surface area contributed by atoms with Gasteiger partial charge in [0.1, 0.15) is 0 Å². The summed E-state index contributed by atoms with van der Waals surface area (Å²) in [6, 6.07) is 3.58. The van der Waals surface area contributed by atoms with Crippen LogP contribution in [0.15, 0.2) is 16.8 Å². The van der Waals surface area contributed by atoms with Gasteiger partial charge < -0.3 is 5.32 Å². The molecule has 3 rings (SSSR count). The van der Waals surface area contributed by atoms with Gasteiger partial charge in [-0.25, -0.2) is 4.63 Å². The maximum atomic E-state index is 10.9. The van der Waals surface area contributed by atoms with Crippen LogP contribution >= 0.6 is 0 Å². The van der Waals surface area contributed by atoms with Crippen molar-refractivity contribution in [3.8, 4) is 0 Å². The van der Waals surface area contributed by atoms with Crippen LogP contribution in [-0.4, -0.2) is 45.8 Å². The smallest absolute Gasteiger partial charge is 0.300 e. The Hall–Kier alpha value is -2.22. The fourth-order valence-electron chi connectivity index (χ4n) is 2.91. The lowest BCUT2D eigenvalue weighted by Crippen LogP contribution is -2.34. The summed E-state index contributed by atoms with van der Waals surface area (Å²) in [4.78, 5) is 12.9. The number of hydrogen-bond donors (Lipinski definition) is 1. The van der Waals surface area contributed by atoms with Crippen LogP contribution in [0.2, 0.25) is 0 Å². The van der Waals surface area contributed by atoms with Crippen LogP contribution in [0.5, 0.6) is 0 Å². The summed E-state index contributed by atoms with van der Waals surface area (Å²) >= 11 is 0. The molecule has 1 unspecified atom stereocenters. The molecule has 0 saturated carbocycles. The number of non-ortho nitro benzene ring substituents is 1. The Bertz CT molecular complexity index is 656. The van der Waals surface area contributed by atoms with E-state index in [1.807, 2.05) is 0 Å². The summed E-state index contributed by atoms with van der Waals surface area (Å²) < 4.78 is 4.66. The van der Waals surface area contributed by atoms with Gasteiger partial charge in [-0.2, -0.15) is 0 Å². The minimum atomic E-state index is -0.480. The minimum absolute atomic E-state index is 0.0900. The average molecular weight is 291 g/mol. The number of aromatic nitrogens is 2. The quantitative estimate of drug-likeness (QED) is 0.664. The van der Waals surface area contributed by atoms with Gasteiger partial charge in [0.25, 0.3) is 0 Å². The molecule has 1 atom stereocenters. The van der Waals surface area contributed by atoms with Crippen molar-refractivity contribution in [2.24, 2.45) is 0 Å². The van der Waals surface area contributed by atoms with Crippen molar-refractivity contribution in [2.45, 2.75) is 25.8 Å². The second kappa shape index (κ2) is 5.65. The number of hydrogen-bond acceptors (Lipinski definition) is 7. The predicted octanol–water partition coefficient (Wildman–Crippen LogP) is 2.03. The van der Waals surface area contributed by atoms with Crippen molar-refractivity contribution < 1.29 is 9.55 Å². The molecule has 8 nitrogen and oxygen atoms in total. The molecular weight excluding hydrogens is 274 g/mol. The molecule has 1 fully saturated rings. The van der Waals surface area contributed by atoms with E-state index in [4.69, 9.17) is 0 Å². The molecule has 8 heteroatoms. The minimum Gasteiger partial charge on any atom is -0.382 e. The third-order valence-electron chi connectivity index (χ3n) is 4.02. The highest BCUT2D eigenvalue weighted by Gasteiger charge is 2.24. The molecule has 1 saturated heterocycles. The van der Waals surface area contributed by atoms with Gasteiger partial charge in [-0.1, -0.05) is 6.92 Å². The SMILES string of the molecule is CCN1CCCC1CNc1ccc([N+](=O)[O-])c2nonc12. The number of nitro benzene ring substituents is 1. The maximum Gasteiger partial charge on any atom is 0.300 e. The van der Waals surface area contributed by atoms with E-state index in [-0.39, 0.29) is 11.2 Å². The first-order chi connectivity index (χ1) is 10.2. The molecule has 0 radical (unpaired) electrons. The molecule has 0 bridgehead atoms. The number of benzene rings is 1. The number of fused-ring (bicyclic) bond motifs is 1. The third kappa shape index (κ3) is 2.54. The molecule has 2 heterocycles. The third-order valence-corrected chi connectivity index (χ3v) is 4.02. The van der Waals surface area contributed by atoms with E-state index in [0.717, 1.165) is 31.7 Å². The lowest BCUT2D eigenvalue weighted by Gasteiger charge is -2.23. The second-order valence-electron chi connectivity index (χ2n) is 5.16. The highest BCUT2D eigenvalue weighted by Crippen LogP contribution is 2.29. The van der Waals surface area contributed by atoms with Crippen LogP contribution in [0, 0.1) is 10.1 Å². The van der Waals surface area contributed by atoms with Crippen LogP contribution < -0.4 is 5.32 Å². The number of nitro groups is 1. The maximum absolute atomic E-state index is 10.9. The van der Waals surface area contributed by atoms with Gasteiger partial charge in [-0.05, 0) is 42.3 Å². The van der Waals surface area contributed by atoms with Crippen LogP contribution in [0.25, 0.3) is 11.0 Å². The Morgan fingerprint density at radius 2 is 2.29 bits per heavy atom. The van der Waals surface area contributed by atoms with Crippen molar-refractivity contribution in [2.75, 3.05) is 25.0 Å². The second-order valence-corrected chi connectivity index (χ2v) is 5.16. The van der Waals surface area contributed by atoms with Gasteiger partial charge in [-0.3, -0.25) is 15.0 Å². The molecule has 1 aromatic heterocycles. The van der Waals surface area contributed by atoms with E-state index < -0.39 is 4.92 Å². The lowest BCUT2D eigenvalue weighted by atomic mass is 10.2. The van der Waals surface area contributed by atoms with E-state index in [1.165, 1.54) is 12.5 Å². The normalized spacial score (nSPS) is 19.2. The molecule has 112 valence electrons. The molecule has 1 aliphatic rings. The summed E-state index contributed by atoms with van der Waals surface area (Å²) in [6.07, 6.45) is 2.37. The van der Waals surface area contributed by atoms with Crippen LogP contribution in [0.1, 0.15) is 19.8 Å². The molecule has 1 aromatic carbocycles. The molecule has 21 heavy (non-hydrogen) atoms. The number of likely N-dealkylation sites (N-methyl/N-ethyl adjacent to an activating group) is 1. The van der Waals surface area contributed by atoms with E-state index >= 15 is 0 Å². The number of anilines is 1. The lowest BCUT2D eigenvalue weighted by molar-refractivity contribution is -0.383. The summed E-state index contributed by atoms with van der Waals surface area (Å²) in [5.41, 5.74) is 1.22. The number of nitrogens with one attached hydrogen (secondary N) is 1. The van der Waals surface area contributed by atoms with Gasteiger partial charge in [0, 0.05) is 18.7 Å². The van der Waals surface area contributed by atoms with E-state index in [0.29, 0.717) is 11.6 Å². The Kier molecular flexibility index (Phi) is 3.70. The average Bonchev–Trinajstić information content (AvgIpc) is 3.12. The van der Waals surface area contributed by atoms with Gasteiger partial charge in [0.05, 0.1) is 10.6 Å². The van der Waals surface area contributed by atoms with Crippen molar-refractivity contribution in [1.82, 2.24) is 15.2 Å². The first-order valence-corrected chi connectivity index (χ1v) is 7.08. The highest BCUT2D eigenvalue weighted by atomic mass is 16.6. The number of likely N-dealkylation sites (tertiary alicyclic amines) is 1. The standard InChI is InChI=1S/C13H17N5O3/c1-2-17-7-3-4-9(17)8-14-10-5-6-11(18(19)20)13-12(10)15-21-16-13/h5-6,9,14H,2-4,7-8H2,1H3. The van der Waals surface area contributed by atoms with Crippen LogP contribution in [0.3, 0.4) is 0 Å². The largest absolute Gasteiger partial charge is 0.382 e. The van der Waals surface area contributed by atoms with Gasteiger partial charge in [0.15, 0.2) is 5.52 Å². The zero-order valence-corrected chi connectivity index (χ0v) is 11.8. The van der Waals surface area contributed by atoms with Crippen LogP contribution in [-0.2, 0) is 0 Å². The predicted molar refractivity (Wildman–Crippen MR) is 77.2 cm³/mol. The summed E-state index contributed by atoms with van der Waals surface area (Å²) in [7, 11) is 0. The molecule has 2 aromatic rings. The Balaban J connectivity index is 1.80. The fraction of sp³-hybridized carbons (Fsp3) is 0.538. The molecule has 1 aliphatic heterocycles. The zero-order valence-electron chi connectivity index (χ0n) is 11.8. The Labute approximate surface area is 121 Å². The Morgan fingerprint density at radius 3 is 3.05 bits per heavy atom.